The molecule has 1 amide bonds. The molecule has 0 unspecified atom stereocenters. The van der Waals surface area contributed by atoms with Crippen LogP contribution < -0.4 is 5.32 Å². The molecule has 1 aromatic heterocycles. The Balaban J connectivity index is 2.19. The number of pyridine rings is 1. The van der Waals surface area contributed by atoms with E-state index in [4.69, 9.17) is 18.0 Å². The Kier molecular flexibility index (Phi) is 3.61. The van der Waals surface area contributed by atoms with Gasteiger partial charge in [0.15, 0.2) is 0 Å². The fraction of sp³-hybridized carbons (Fsp3) is 0. The molecule has 0 fully saturated rings. The topological polar surface area (TPSA) is 42.0 Å². The first kappa shape index (κ1) is 12.2. The molecule has 88 valence electrons. The van der Waals surface area contributed by atoms with Crippen LogP contribution in [0.5, 0.6) is 0 Å². The Morgan fingerprint density at radius 2 is 2.06 bits per heavy atom. The Labute approximate surface area is 110 Å². The minimum absolute atomic E-state index is 0.258. The van der Waals surface area contributed by atoms with Crippen molar-refractivity contribution in [2.24, 2.45) is 0 Å². The summed E-state index contributed by atoms with van der Waals surface area (Å²) in [4.78, 5) is 15.8. The fourth-order valence-corrected chi connectivity index (χ4v) is 1.58. The normalized spacial score (nSPS) is 9.56. The summed E-state index contributed by atoms with van der Waals surface area (Å²) in [6.07, 6.45) is 5.29. The van der Waals surface area contributed by atoms with Crippen LogP contribution in [0.25, 0.3) is 0 Å². The molecule has 0 saturated carbocycles. The summed E-state index contributed by atoms with van der Waals surface area (Å²) in [5, 5.41) is 2.98. The predicted molar refractivity (Wildman–Crippen MR) is 71.6 cm³/mol. The van der Waals surface area contributed by atoms with Crippen LogP contribution in [0.1, 0.15) is 16.1 Å². The van der Waals surface area contributed by atoms with E-state index in [1.165, 1.54) is 0 Å². The molecule has 1 heterocycles. The van der Waals surface area contributed by atoms with Gasteiger partial charge in [0.1, 0.15) is 10.8 Å². The van der Waals surface area contributed by atoms with E-state index in [1.54, 1.807) is 42.5 Å². The second kappa shape index (κ2) is 5.35. The summed E-state index contributed by atoms with van der Waals surface area (Å²) in [6.45, 7) is 0. The highest BCUT2D eigenvalue weighted by Crippen LogP contribution is 2.12. The number of anilines is 1. The lowest BCUT2D eigenvalue weighted by Crippen LogP contribution is -2.13. The number of benzene rings is 1. The number of hydrogen-bond acceptors (Lipinski definition) is 2. The largest absolute Gasteiger partial charge is 0.321 e. The van der Waals surface area contributed by atoms with Gasteiger partial charge in [0.25, 0.3) is 5.91 Å². The van der Waals surface area contributed by atoms with E-state index in [-0.39, 0.29) is 16.8 Å². The van der Waals surface area contributed by atoms with Crippen LogP contribution in [-0.4, -0.2) is 10.9 Å². The zero-order chi connectivity index (χ0) is 13.0. The van der Waals surface area contributed by atoms with Crippen molar-refractivity contribution in [1.82, 2.24) is 4.98 Å². The molecule has 2 aromatic rings. The first-order chi connectivity index (χ1) is 8.69. The number of amides is 1. The Bertz CT molecular complexity index is 632. The molecule has 3 nitrogen and oxygen atoms in total. The van der Waals surface area contributed by atoms with Gasteiger partial charge in [-0.15, -0.1) is 6.42 Å². The number of rotatable bonds is 2. The third-order valence-corrected chi connectivity index (χ3v) is 2.45. The summed E-state index contributed by atoms with van der Waals surface area (Å²) in [6, 6.07) is 11.9. The van der Waals surface area contributed by atoms with E-state index in [1.807, 2.05) is 0 Å². The number of nitrogens with zero attached hydrogens (tertiary/aromatic N) is 1. The van der Waals surface area contributed by atoms with E-state index in [2.05, 4.69) is 16.2 Å². The second-order valence-electron chi connectivity index (χ2n) is 3.52. The molecule has 18 heavy (non-hydrogen) atoms. The van der Waals surface area contributed by atoms with Crippen LogP contribution in [0.4, 0.5) is 5.69 Å². The Hall–Kier alpha value is -2.31. The summed E-state index contributed by atoms with van der Waals surface area (Å²) in [7, 11) is 0. The molecule has 0 aliphatic heterocycles. The standard InChI is InChI=1S/C14H9ClN2O/c1-2-10-5-3-6-11(9-10)16-14(18)12-7-4-8-13(15)17-12/h1,3-9H,(H,16,18). The molecule has 0 aliphatic rings. The molecule has 1 aromatic carbocycles. The lowest BCUT2D eigenvalue weighted by molar-refractivity contribution is 0.102. The van der Waals surface area contributed by atoms with Gasteiger partial charge in [-0.2, -0.15) is 0 Å². The van der Waals surface area contributed by atoms with E-state index in [0.717, 1.165) is 0 Å². The minimum Gasteiger partial charge on any atom is -0.321 e. The summed E-state index contributed by atoms with van der Waals surface area (Å²) in [5.74, 6) is 2.17. The monoisotopic (exact) mass is 256 g/mol. The highest BCUT2D eigenvalue weighted by atomic mass is 35.5. The van der Waals surface area contributed by atoms with Gasteiger partial charge < -0.3 is 5.32 Å². The SMILES string of the molecule is C#Cc1cccc(NC(=O)c2cccc(Cl)n2)c1. The van der Waals surface area contributed by atoms with Crippen LogP contribution in [-0.2, 0) is 0 Å². The molecule has 0 bridgehead atoms. The minimum atomic E-state index is -0.327. The van der Waals surface area contributed by atoms with Gasteiger partial charge in [0, 0.05) is 11.3 Å². The number of nitrogens with one attached hydrogen (secondary N) is 1. The fourth-order valence-electron chi connectivity index (χ4n) is 1.42. The van der Waals surface area contributed by atoms with Crippen molar-refractivity contribution in [3.8, 4) is 12.3 Å². The van der Waals surface area contributed by atoms with Crippen molar-refractivity contribution in [1.29, 1.82) is 0 Å². The number of hydrogen-bond donors (Lipinski definition) is 1. The van der Waals surface area contributed by atoms with E-state index >= 15 is 0 Å². The van der Waals surface area contributed by atoms with Crippen molar-refractivity contribution in [3.63, 3.8) is 0 Å². The zero-order valence-corrected chi connectivity index (χ0v) is 10.1. The number of aromatic nitrogens is 1. The van der Waals surface area contributed by atoms with E-state index in [0.29, 0.717) is 11.3 Å². The van der Waals surface area contributed by atoms with Crippen molar-refractivity contribution in [3.05, 3.63) is 58.9 Å². The van der Waals surface area contributed by atoms with Crippen LogP contribution in [0.15, 0.2) is 42.5 Å². The number of halogens is 1. The van der Waals surface area contributed by atoms with Gasteiger partial charge >= 0.3 is 0 Å². The third kappa shape index (κ3) is 2.88. The molecular weight excluding hydrogens is 248 g/mol. The third-order valence-electron chi connectivity index (χ3n) is 2.23. The van der Waals surface area contributed by atoms with Crippen LogP contribution in [0.2, 0.25) is 5.15 Å². The molecule has 0 aliphatic carbocycles. The van der Waals surface area contributed by atoms with Gasteiger partial charge in [0.2, 0.25) is 0 Å². The van der Waals surface area contributed by atoms with Crippen molar-refractivity contribution in [2.75, 3.05) is 5.32 Å². The maximum atomic E-state index is 11.9. The average molecular weight is 257 g/mol. The quantitative estimate of drug-likeness (QED) is 0.663. The second-order valence-corrected chi connectivity index (χ2v) is 3.91. The number of terminal acetylenes is 1. The van der Waals surface area contributed by atoms with E-state index in [9.17, 15) is 4.79 Å². The maximum absolute atomic E-state index is 11.9. The molecule has 1 N–H and O–H groups in total. The van der Waals surface area contributed by atoms with Gasteiger partial charge in [-0.1, -0.05) is 29.7 Å². The van der Waals surface area contributed by atoms with Crippen molar-refractivity contribution < 1.29 is 4.79 Å². The molecular formula is C14H9ClN2O. The van der Waals surface area contributed by atoms with Crippen LogP contribution >= 0.6 is 11.6 Å². The van der Waals surface area contributed by atoms with Gasteiger partial charge in [-0.25, -0.2) is 4.98 Å². The summed E-state index contributed by atoms with van der Waals surface area (Å²) in [5.41, 5.74) is 1.58. The molecule has 0 saturated heterocycles. The number of carbonyl (C=O) groups is 1. The molecule has 0 radical (unpaired) electrons. The Morgan fingerprint density at radius 1 is 1.28 bits per heavy atom. The highest BCUT2D eigenvalue weighted by Gasteiger charge is 2.07. The molecule has 4 heteroatoms. The predicted octanol–water partition coefficient (Wildman–Crippen LogP) is 2.97. The van der Waals surface area contributed by atoms with Crippen molar-refractivity contribution >= 4 is 23.2 Å². The van der Waals surface area contributed by atoms with Gasteiger partial charge in [-0.3, -0.25) is 4.79 Å². The Morgan fingerprint density at radius 3 is 2.78 bits per heavy atom. The lowest BCUT2D eigenvalue weighted by Gasteiger charge is -2.05. The lowest BCUT2D eigenvalue weighted by atomic mass is 10.2. The van der Waals surface area contributed by atoms with Gasteiger partial charge in [0.05, 0.1) is 0 Å². The van der Waals surface area contributed by atoms with Crippen LogP contribution in [0, 0.1) is 12.3 Å². The number of carbonyl (C=O) groups excluding carboxylic acids is 1. The smallest absolute Gasteiger partial charge is 0.274 e. The molecule has 2 rings (SSSR count). The summed E-state index contributed by atoms with van der Waals surface area (Å²) < 4.78 is 0. The molecule has 0 spiro atoms. The first-order valence-electron chi connectivity index (χ1n) is 5.19. The maximum Gasteiger partial charge on any atom is 0.274 e. The molecule has 0 atom stereocenters. The zero-order valence-electron chi connectivity index (χ0n) is 9.35. The first-order valence-corrected chi connectivity index (χ1v) is 5.57. The average Bonchev–Trinajstić information content (AvgIpc) is 2.39. The van der Waals surface area contributed by atoms with Crippen molar-refractivity contribution in [2.45, 2.75) is 0 Å². The van der Waals surface area contributed by atoms with E-state index < -0.39 is 0 Å². The van der Waals surface area contributed by atoms with Gasteiger partial charge in [-0.05, 0) is 30.3 Å². The van der Waals surface area contributed by atoms with Crippen LogP contribution in [0.3, 0.4) is 0 Å². The highest BCUT2D eigenvalue weighted by molar-refractivity contribution is 6.29. The summed E-state index contributed by atoms with van der Waals surface area (Å²) >= 11 is 5.72.